The Morgan fingerprint density at radius 2 is 1.82 bits per heavy atom. The van der Waals surface area contributed by atoms with Gasteiger partial charge < -0.3 is 35.6 Å². The molecule has 1 aromatic heterocycles. The first-order chi connectivity index (χ1) is 21.3. The number of hydrogen-bond donors (Lipinski definition) is 3. The quantitative estimate of drug-likeness (QED) is 0.295. The van der Waals surface area contributed by atoms with Gasteiger partial charge in [0.25, 0.3) is 0 Å². The van der Waals surface area contributed by atoms with E-state index in [4.69, 9.17) is 20.4 Å². The van der Waals surface area contributed by atoms with Crippen molar-refractivity contribution < 1.29 is 19.4 Å². The van der Waals surface area contributed by atoms with E-state index in [9.17, 15) is 14.7 Å². The van der Waals surface area contributed by atoms with Gasteiger partial charge in [0.1, 0.15) is 18.2 Å². The first kappa shape index (κ1) is 28.1. The number of ether oxygens (including phenoxy) is 1. The molecule has 11 heteroatoms. The van der Waals surface area contributed by atoms with E-state index in [2.05, 4.69) is 40.4 Å². The van der Waals surface area contributed by atoms with Crippen LogP contribution in [0.1, 0.15) is 25.7 Å². The van der Waals surface area contributed by atoms with E-state index in [-0.39, 0.29) is 30.3 Å². The number of phenolic OH excluding ortho intramolecular Hbond substituents is 1. The molecule has 3 aromatic carbocycles. The number of likely N-dealkylation sites (N-methyl/N-ethyl adjacent to an activating group) is 1. The van der Waals surface area contributed by atoms with Gasteiger partial charge in [-0.15, -0.1) is 0 Å². The third kappa shape index (κ3) is 5.32. The predicted octanol–water partition coefficient (Wildman–Crippen LogP) is 3.48. The van der Waals surface area contributed by atoms with Crippen molar-refractivity contribution in [1.82, 2.24) is 25.1 Å². The van der Waals surface area contributed by atoms with Crippen molar-refractivity contribution in [3.8, 4) is 22.9 Å². The molecule has 3 amide bonds. The van der Waals surface area contributed by atoms with Crippen LogP contribution in [0.5, 0.6) is 11.8 Å². The fourth-order valence-electron chi connectivity index (χ4n) is 7.14. The standard InChI is InChI=1S/C33H37N7O4/c1-38-12-4-6-24(38)19-44-33-36-29-14-21(28-15-25(41)13-20-5-2-3-7-26(20)28)8-11-27(29)31(37-33)40-22-9-10-23(40)18-39(17-22)30(42)16-35-32(34)43/h2-3,5,7-8,11,13-15,22-24,41H,4,6,9-10,12,16-19H2,1H3,(H3,34,35,43)/t22-,23+,24-/m0/s1. The molecule has 228 valence electrons. The molecule has 3 atom stereocenters. The van der Waals surface area contributed by atoms with E-state index >= 15 is 0 Å². The molecule has 0 unspecified atom stereocenters. The summed E-state index contributed by atoms with van der Waals surface area (Å²) >= 11 is 0. The molecular formula is C33H37N7O4. The van der Waals surface area contributed by atoms with Gasteiger partial charge in [-0.2, -0.15) is 9.97 Å². The lowest BCUT2D eigenvalue weighted by Crippen LogP contribution is -2.57. The summed E-state index contributed by atoms with van der Waals surface area (Å²) in [5.74, 6) is 0.884. The van der Waals surface area contributed by atoms with Crippen LogP contribution in [0.15, 0.2) is 54.6 Å². The number of amides is 3. The Balaban J connectivity index is 1.26. The molecule has 44 heavy (non-hydrogen) atoms. The number of carbonyl (C=O) groups excluding carboxylic acids is 2. The number of urea groups is 1. The number of nitrogens with two attached hydrogens (primary N) is 1. The number of nitrogens with zero attached hydrogens (tertiary/aromatic N) is 5. The highest BCUT2D eigenvalue weighted by atomic mass is 16.5. The third-order valence-electron chi connectivity index (χ3n) is 9.38. The highest BCUT2D eigenvalue weighted by molar-refractivity contribution is 6.01. The van der Waals surface area contributed by atoms with Crippen molar-refractivity contribution in [2.75, 3.05) is 44.7 Å². The number of phenols is 1. The number of fused-ring (bicyclic) bond motifs is 4. The molecule has 3 aliphatic rings. The van der Waals surface area contributed by atoms with Gasteiger partial charge in [-0.05, 0) is 85.4 Å². The second kappa shape index (κ2) is 11.5. The number of anilines is 1. The van der Waals surface area contributed by atoms with Crippen LogP contribution in [0, 0.1) is 0 Å². The monoisotopic (exact) mass is 595 g/mol. The molecular weight excluding hydrogens is 558 g/mol. The highest BCUT2D eigenvalue weighted by Gasteiger charge is 2.43. The lowest BCUT2D eigenvalue weighted by molar-refractivity contribution is -0.131. The molecule has 11 nitrogen and oxygen atoms in total. The van der Waals surface area contributed by atoms with E-state index in [1.165, 1.54) is 0 Å². The van der Waals surface area contributed by atoms with E-state index in [1.807, 2.05) is 29.2 Å². The predicted molar refractivity (Wildman–Crippen MR) is 169 cm³/mol. The van der Waals surface area contributed by atoms with Gasteiger partial charge in [0.05, 0.1) is 12.1 Å². The van der Waals surface area contributed by atoms with Gasteiger partial charge in [-0.25, -0.2) is 4.79 Å². The summed E-state index contributed by atoms with van der Waals surface area (Å²) in [6.07, 6.45) is 4.09. The molecule has 3 aliphatic heterocycles. The summed E-state index contributed by atoms with van der Waals surface area (Å²) in [6.45, 7) is 2.54. The van der Waals surface area contributed by atoms with Gasteiger partial charge >= 0.3 is 12.0 Å². The van der Waals surface area contributed by atoms with Crippen LogP contribution in [0.4, 0.5) is 10.6 Å². The van der Waals surface area contributed by atoms with Crippen LogP contribution in [-0.4, -0.2) is 94.8 Å². The highest BCUT2D eigenvalue weighted by Crippen LogP contribution is 2.40. The number of primary amides is 1. The number of hydrogen-bond acceptors (Lipinski definition) is 8. The Morgan fingerprint density at radius 1 is 1.02 bits per heavy atom. The average Bonchev–Trinajstić information content (AvgIpc) is 3.55. The van der Waals surface area contributed by atoms with Gasteiger partial charge in [-0.3, -0.25) is 4.79 Å². The molecule has 0 radical (unpaired) electrons. The van der Waals surface area contributed by atoms with Crippen LogP contribution in [0.2, 0.25) is 0 Å². The lowest BCUT2D eigenvalue weighted by Gasteiger charge is -2.42. The second-order valence-electron chi connectivity index (χ2n) is 12.2. The van der Waals surface area contributed by atoms with Gasteiger partial charge in [0.2, 0.25) is 5.91 Å². The fraction of sp³-hybridized carbons (Fsp3) is 0.394. The van der Waals surface area contributed by atoms with Gasteiger partial charge in [0.15, 0.2) is 0 Å². The van der Waals surface area contributed by atoms with Gasteiger partial charge in [-0.1, -0.05) is 30.3 Å². The molecule has 7 rings (SSSR count). The number of aromatic hydroxyl groups is 1. The molecule has 0 spiro atoms. The summed E-state index contributed by atoms with van der Waals surface area (Å²) < 4.78 is 6.29. The summed E-state index contributed by atoms with van der Waals surface area (Å²) in [5.41, 5.74) is 7.82. The minimum absolute atomic E-state index is 0.0767. The van der Waals surface area contributed by atoms with Crippen LogP contribution in [0.3, 0.4) is 0 Å². The smallest absolute Gasteiger partial charge is 0.319 e. The van der Waals surface area contributed by atoms with Crippen molar-refractivity contribution in [3.05, 3.63) is 54.6 Å². The maximum absolute atomic E-state index is 12.8. The van der Waals surface area contributed by atoms with E-state index in [0.717, 1.165) is 70.8 Å². The van der Waals surface area contributed by atoms with E-state index in [1.54, 1.807) is 12.1 Å². The summed E-state index contributed by atoms with van der Waals surface area (Å²) in [4.78, 5) is 40.4. The number of rotatable bonds is 7. The molecule has 4 heterocycles. The van der Waals surface area contributed by atoms with Crippen LogP contribution < -0.4 is 20.7 Å². The zero-order valence-corrected chi connectivity index (χ0v) is 24.8. The zero-order valence-electron chi connectivity index (χ0n) is 24.8. The SMILES string of the molecule is CN1CCC[C@H]1COc1nc(N2[C@@H]3CC[C@H]2CN(C(=O)CNC(N)=O)C3)c2ccc(-c3cc(O)cc4ccccc34)cc2n1. The molecule has 4 aromatic rings. The van der Waals surface area contributed by atoms with Crippen LogP contribution >= 0.6 is 0 Å². The number of piperazine rings is 1. The minimum Gasteiger partial charge on any atom is -0.508 e. The Bertz CT molecular complexity index is 1730. The van der Waals surface area contributed by atoms with Crippen molar-refractivity contribution in [2.45, 2.75) is 43.8 Å². The van der Waals surface area contributed by atoms with E-state index in [0.29, 0.717) is 31.7 Å². The number of benzene rings is 3. The van der Waals surface area contributed by atoms with Crippen molar-refractivity contribution in [2.24, 2.45) is 5.73 Å². The second-order valence-corrected chi connectivity index (χ2v) is 12.2. The Hall–Kier alpha value is -4.64. The summed E-state index contributed by atoms with van der Waals surface area (Å²) in [7, 11) is 2.12. The molecule has 2 bridgehead atoms. The first-order valence-corrected chi connectivity index (χ1v) is 15.3. The normalized spacial score (nSPS) is 21.7. The van der Waals surface area contributed by atoms with Crippen molar-refractivity contribution >= 4 is 39.4 Å². The maximum Gasteiger partial charge on any atom is 0.319 e. The van der Waals surface area contributed by atoms with Crippen LogP contribution in [-0.2, 0) is 4.79 Å². The zero-order chi connectivity index (χ0) is 30.4. The molecule has 4 N–H and O–H groups in total. The minimum atomic E-state index is -0.707. The van der Waals surface area contributed by atoms with Gasteiger partial charge in [0, 0.05) is 36.6 Å². The summed E-state index contributed by atoms with van der Waals surface area (Å²) in [6, 6.07) is 17.9. The largest absolute Gasteiger partial charge is 0.508 e. The Kier molecular flexibility index (Phi) is 7.33. The molecule has 0 aliphatic carbocycles. The number of likely N-dealkylation sites (tertiary alicyclic amines) is 2. The topological polar surface area (TPSA) is 137 Å². The number of aromatic nitrogens is 2. The molecule has 0 saturated carbocycles. The molecule has 3 fully saturated rings. The van der Waals surface area contributed by atoms with E-state index < -0.39 is 6.03 Å². The summed E-state index contributed by atoms with van der Waals surface area (Å²) in [5, 5.41) is 15.9. The van der Waals surface area contributed by atoms with Crippen LogP contribution in [0.25, 0.3) is 32.8 Å². The Labute approximate surface area is 255 Å². The number of carbonyl (C=O) groups is 2. The fourth-order valence-corrected chi connectivity index (χ4v) is 7.14. The lowest BCUT2D eigenvalue weighted by atomic mass is 9.97. The van der Waals surface area contributed by atoms with Crippen molar-refractivity contribution in [1.29, 1.82) is 0 Å². The average molecular weight is 596 g/mol. The Morgan fingerprint density at radius 3 is 2.57 bits per heavy atom. The first-order valence-electron chi connectivity index (χ1n) is 15.3. The molecule has 3 saturated heterocycles. The van der Waals surface area contributed by atoms with Crippen molar-refractivity contribution in [3.63, 3.8) is 0 Å². The third-order valence-corrected chi connectivity index (χ3v) is 9.38. The number of nitrogens with one attached hydrogen (secondary N) is 1. The maximum atomic E-state index is 12.8.